The number of hydrogen-bond acceptors (Lipinski definition) is 6. The molecule has 0 saturated heterocycles. The minimum atomic E-state index is -0.313. The summed E-state index contributed by atoms with van der Waals surface area (Å²) >= 11 is 0. The van der Waals surface area contributed by atoms with Crippen molar-refractivity contribution in [1.82, 2.24) is 19.7 Å². The number of anilines is 1. The average Bonchev–Trinajstić information content (AvgIpc) is 3.05. The van der Waals surface area contributed by atoms with Crippen LogP contribution in [0.1, 0.15) is 5.56 Å². The zero-order valence-corrected chi connectivity index (χ0v) is 12.5. The molecule has 3 heterocycles. The molecule has 0 radical (unpaired) electrons. The van der Waals surface area contributed by atoms with E-state index >= 15 is 0 Å². The van der Waals surface area contributed by atoms with E-state index < -0.39 is 0 Å². The lowest BCUT2D eigenvalue weighted by molar-refractivity contribution is -0.116. The Bertz CT molecular complexity index is 885. The van der Waals surface area contributed by atoms with Crippen LogP contribution in [0.3, 0.4) is 0 Å². The molecular formula is C16H12N6O2. The van der Waals surface area contributed by atoms with E-state index in [1.165, 1.54) is 17.1 Å². The topological polar surface area (TPSA) is 106 Å². The molecule has 8 heteroatoms. The molecule has 0 saturated carbocycles. The summed E-state index contributed by atoms with van der Waals surface area (Å²) in [7, 11) is 0. The van der Waals surface area contributed by atoms with Crippen molar-refractivity contribution in [1.29, 1.82) is 5.26 Å². The molecule has 0 fully saturated rings. The summed E-state index contributed by atoms with van der Waals surface area (Å²) in [5, 5.41) is 15.4. The first-order valence-electron chi connectivity index (χ1n) is 7.00. The molecule has 0 bridgehead atoms. The van der Waals surface area contributed by atoms with Crippen molar-refractivity contribution in [3.63, 3.8) is 0 Å². The van der Waals surface area contributed by atoms with Crippen LogP contribution in [-0.4, -0.2) is 25.7 Å². The molecule has 118 valence electrons. The summed E-state index contributed by atoms with van der Waals surface area (Å²) in [6.45, 7) is -0.0249. The Morgan fingerprint density at radius 2 is 2.17 bits per heavy atom. The van der Waals surface area contributed by atoms with Crippen LogP contribution in [0, 0.1) is 11.3 Å². The van der Waals surface area contributed by atoms with Crippen LogP contribution < -0.4 is 10.1 Å². The number of hydrogen-bond donors (Lipinski definition) is 1. The molecule has 1 N–H and O–H groups in total. The molecule has 1 amide bonds. The van der Waals surface area contributed by atoms with Gasteiger partial charge >= 0.3 is 0 Å². The second kappa shape index (κ2) is 7.02. The highest BCUT2D eigenvalue weighted by Crippen LogP contribution is 2.26. The Kier molecular flexibility index (Phi) is 4.44. The van der Waals surface area contributed by atoms with Gasteiger partial charge in [-0.05, 0) is 24.3 Å². The molecular weight excluding hydrogens is 308 g/mol. The maximum atomic E-state index is 12.1. The number of nitriles is 1. The van der Waals surface area contributed by atoms with Gasteiger partial charge in [0.1, 0.15) is 24.1 Å². The molecule has 0 unspecified atom stereocenters. The molecule has 0 spiro atoms. The largest absolute Gasteiger partial charge is 0.435 e. The maximum absolute atomic E-state index is 12.1. The van der Waals surface area contributed by atoms with E-state index in [1.807, 2.05) is 6.07 Å². The number of carbonyl (C=O) groups excluding carboxylic acids is 1. The minimum absolute atomic E-state index is 0.0249. The third kappa shape index (κ3) is 3.72. The molecule has 0 atom stereocenters. The van der Waals surface area contributed by atoms with Crippen LogP contribution >= 0.6 is 0 Å². The second-order valence-electron chi connectivity index (χ2n) is 4.73. The van der Waals surface area contributed by atoms with Crippen LogP contribution in [0.5, 0.6) is 11.6 Å². The highest BCUT2D eigenvalue weighted by molar-refractivity contribution is 5.91. The highest BCUT2D eigenvalue weighted by Gasteiger charge is 2.11. The number of pyridine rings is 2. The van der Waals surface area contributed by atoms with Crippen molar-refractivity contribution in [2.45, 2.75) is 6.54 Å². The summed E-state index contributed by atoms with van der Waals surface area (Å²) in [5.74, 6) is 0.459. The predicted octanol–water partition coefficient (Wildman–Crippen LogP) is 1.98. The van der Waals surface area contributed by atoms with Crippen molar-refractivity contribution < 1.29 is 9.53 Å². The Labute approximate surface area is 137 Å². The molecule has 24 heavy (non-hydrogen) atoms. The second-order valence-corrected chi connectivity index (χ2v) is 4.73. The molecule has 0 aliphatic heterocycles. The van der Waals surface area contributed by atoms with Crippen LogP contribution in [-0.2, 0) is 11.3 Å². The third-order valence-corrected chi connectivity index (χ3v) is 2.96. The van der Waals surface area contributed by atoms with Gasteiger partial charge < -0.3 is 10.1 Å². The first kappa shape index (κ1) is 15.2. The monoisotopic (exact) mass is 320 g/mol. The Balaban J connectivity index is 1.70. The normalized spacial score (nSPS) is 9.96. The molecule has 8 nitrogen and oxygen atoms in total. The smallest absolute Gasteiger partial charge is 0.246 e. The Morgan fingerprint density at radius 3 is 2.92 bits per heavy atom. The van der Waals surface area contributed by atoms with Crippen molar-refractivity contribution in [2.24, 2.45) is 0 Å². The zero-order chi connectivity index (χ0) is 16.8. The molecule has 3 rings (SSSR count). The van der Waals surface area contributed by atoms with Crippen molar-refractivity contribution >= 4 is 11.6 Å². The van der Waals surface area contributed by atoms with Crippen LogP contribution in [0.25, 0.3) is 0 Å². The van der Waals surface area contributed by atoms with Crippen molar-refractivity contribution in [2.75, 3.05) is 5.32 Å². The van der Waals surface area contributed by atoms with Crippen molar-refractivity contribution in [3.05, 3.63) is 60.8 Å². The van der Waals surface area contributed by atoms with Crippen molar-refractivity contribution in [3.8, 4) is 17.7 Å². The highest BCUT2D eigenvalue weighted by atomic mass is 16.5. The summed E-state index contributed by atoms with van der Waals surface area (Å²) in [6.07, 6.45) is 7.64. The first-order valence-corrected chi connectivity index (χ1v) is 7.00. The number of nitrogens with zero attached hydrogens (tertiary/aromatic N) is 5. The molecule has 0 aliphatic rings. The lowest BCUT2D eigenvalue weighted by Crippen LogP contribution is -2.19. The molecule has 3 aromatic rings. The fourth-order valence-corrected chi connectivity index (χ4v) is 1.93. The first-order chi connectivity index (χ1) is 11.7. The molecule has 3 aromatic heterocycles. The summed E-state index contributed by atoms with van der Waals surface area (Å²) in [5.41, 5.74) is 0.823. The van der Waals surface area contributed by atoms with Gasteiger partial charge in [-0.2, -0.15) is 10.4 Å². The zero-order valence-electron chi connectivity index (χ0n) is 12.5. The van der Waals surface area contributed by atoms with Gasteiger partial charge in [-0.1, -0.05) is 0 Å². The third-order valence-electron chi connectivity index (χ3n) is 2.96. The molecule has 0 aliphatic carbocycles. The van der Waals surface area contributed by atoms with Gasteiger partial charge in [0.2, 0.25) is 11.8 Å². The number of amides is 1. The van der Waals surface area contributed by atoms with E-state index in [0.29, 0.717) is 17.0 Å². The van der Waals surface area contributed by atoms with Gasteiger partial charge in [0.05, 0.1) is 18.0 Å². The number of nitrogens with one attached hydrogen (secondary N) is 1. The average molecular weight is 320 g/mol. The number of ether oxygens (including phenoxy) is 1. The quantitative estimate of drug-likeness (QED) is 0.770. The standard InChI is InChI=1S/C16H12N6O2/c17-7-12-8-20-22(10-12)11-15(23)21-14-4-2-6-19-16(14)24-13-3-1-5-18-9-13/h1-6,8-10H,11H2,(H,21,23). The van der Waals surface area contributed by atoms with Gasteiger partial charge in [0.25, 0.3) is 0 Å². The molecule has 0 aromatic carbocycles. The lowest BCUT2D eigenvalue weighted by atomic mass is 10.4. The Morgan fingerprint density at radius 1 is 1.29 bits per heavy atom. The van der Waals surface area contributed by atoms with Crippen LogP contribution in [0.2, 0.25) is 0 Å². The summed E-state index contributed by atoms with van der Waals surface area (Å²) < 4.78 is 7.01. The lowest BCUT2D eigenvalue weighted by Gasteiger charge is -2.10. The van der Waals surface area contributed by atoms with E-state index in [0.717, 1.165) is 0 Å². The van der Waals surface area contributed by atoms with E-state index in [2.05, 4.69) is 20.4 Å². The SMILES string of the molecule is N#Cc1cnn(CC(=O)Nc2cccnc2Oc2cccnc2)c1. The summed E-state index contributed by atoms with van der Waals surface area (Å²) in [6, 6.07) is 8.80. The minimum Gasteiger partial charge on any atom is -0.435 e. The predicted molar refractivity (Wildman–Crippen MR) is 84.1 cm³/mol. The number of aromatic nitrogens is 4. The number of carbonyl (C=O) groups is 1. The number of rotatable bonds is 5. The van der Waals surface area contributed by atoms with Crippen LogP contribution in [0.15, 0.2) is 55.2 Å². The van der Waals surface area contributed by atoms with E-state index in [4.69, 9.17) is 10.00 Å². The van der Waals surface area contributed by atoms with E-state index in [9.17, 15) is 4.79 Å². The van der Waals surface area contributed by atoms with Gasteiger partial charge in [0.15, 0.2) is 0 Å². The van der Waals surface area contributed by atoms with Crippen LogP contribution in [0.4, 0.5) is 5.69 Å². The fraction of sp³-hybridized carbons (Fsp3) is 0.0625. The van der Waals surface area contributed by atoms with Gasteiger partial charge in [-0.25, -0.2) is 4.98 Å². The van der Waals surface area contributed by atoms with Gasteiger partial charge in [-0.3, -0.25) is 14.5 Å². The van der Waals surface area contributed by atoms with Gasteiger partial charge in [-0.15, -0.1) is 0 Å². The maximum Gasteiger partial charge on any atom is 0.246 e. The fourth-order valence-electron chi connectivity index (χ4n) is 1.93. The van der Waals surface area contributed by atoms with E-state index in [-0.39, 0.29) is 18.3 Å². The van der Waals surface area contributed by atoms with E-state index in [1.54, 1.807) is 42.9 Å². The van der Waals surface area contributed by atoms with Gasteiger partial charge in [0, 0.05) is 18.6 Å². The Hall–Kier alpha value is -3.73. The summed E-state index contributed by atoms with van der Waals surface area (Å²) in [4.78, 5) is 20.2.